The van der Waals surface area contributed by atoms with Crippen LogP contribution in [0.5, 0.6) is 5.75 Å². The topological polar surface area (TPSA) is 50.4 Å². The van der Waals surface area contributed by atoms with Gasteiger partial charge >= 0.3 is 12.2 Å². The van der Waals surface area contributed by atoms with Gasteiger partial charge in [-0.25, -0.2) is 9.18 Å². The van der Waals surface area contributed by atoms with Crippen LogP contribution in [-0.4, -0.2) is 24.9 Å². The molecule has 1 spiro atoms. The molecule has 8 heteroatoms. The Morgan fingerprint density at radius 2 is 2.04 bits per heavy atom. The lowest BCUT2D eigenvalue weighted by Crippen LogP contribution is -2.55. The van der Waals surface area contributed by atoms with Crippen molar-refractivity contribution >= 4 is 6.03 Å². The summed E-state index contributed by atoms with van der Waals surface area (Å²) in [6.07, 6.45) is 1.19. The molecule has 0 unspecified atom stereocenters. The van der Waals surface area contributed by atoms with E-state index in [1.54, 1.807) is 6.92 Å². The Morgan fingerprint density at radius 1 is 1.35 bits per heavy atom. The summed E-state index contributed by atoms with van der Waals surface area (Å²) in [7, 11) is 0. The zero-order chi connectivity index (χ0) is 18.9. The molecule has 144 valence electrons. The summed E-state index contributed by atoms with van der Waals surface area (Å²) in [4.78, 5) is 12.1. The predicted octanol–water partition coefficient (Wildman–Crippen LogP) is 4.46. The molecule has 0 radical (unpaired) electrons. The van der Waals surface area contributed by atoms with Crippen molar-refractivity contribution in [1.82, 2.24) is 10.6 Å². The van der Waals surface area contributed by atoms with Crippen LogP contribution in [0.2, 0.25) is 0 Å². The lowest BCUT2D eigenvalue weighted by atomic mass is 9.54. The fourth-order valence-electron chi connectivity index (χ4n) is 3.74. The molecule has 2 fully saturated rings. The minimum absolute atomic E-state index is 0.168. The van der Waals surface area contributed by atoms with Crippen LogP contribution in [0.3, 0.4) is 0 Å². The van der Waals surface area contributed by atoms with E-state index in [1.807, 2.05) is 0 Å². The zero-order valence-corrected chi connectivity index (χ0v) is 14.5. The molecule has 2 aliphatic carbocycles. The van der Waals surface area contributed by atoms with E-state index in [-0.39, 0.29) is 12.1 Å². The Labute approximate surface area is 149 Å². The van der Waals surface area contributed by atoms with Crippen molar-refractivity contribution < 1.29 is 27.1 Å². The number of nitrogens with one attached hydrogen (secondary N) is 2. The lowest BCUT2D eigenvalue weighted by Gasteiger charge is -2.54. The second-order valence-electron chi connectivity index (χ2n) is 7.39. The molecule has 1 aromatic rings. The molecule has 1 aromatic carbocycles. The monoisotopic (exact) mass is 374 g/mol. The van der Waals surface area contributed by atoms with Gasteiger partial charge in [0, 0.05) is 6.04 Å². The summed E-state index contributed by atoms with van der Waals surface area (Å²) in [6.45, 7) is 0.105. The Kier molecular flexibility index (Phi) is 5.03. The van der Waals surface area contributed by atoms with Gasteiger partial charge in [0.2, 0.25) is 0 Å². The van der Waals surface area contributed by atoms with Gasteiger partial charge in [-0.2, -0.15) is 13.2 Å². The van der Waals surface area contributed by atoms with Crippen molar-refractivity contribution in [3.63, 3.8) is 0 Å². The Balaban J connectivity index is 1.52. The van der Waals surface area contributed by atoms with E-state index in [2.05, 4.69) is 15.4 Å². The van der Waals surface area contributed by atoms with Gasteiger partial charge in [0.25, 0.3) is 0 Å². The van der Waals surface area contributed by atoms with Crippen LogP contribution in [-0.2, 0) is 0 Å². The third-order valence-corrected chi connectivity index (χ3v) is 5.30. The number of alkyl halides is 3. The lowest BCUT2D eigenvalue weighted by molar-refractivity contribution is -0.153. The number of amides is 2. The van der Waals surface area contributed by atoms with Crippen molar-refractivity contribution in [1.29, 1.82) is 0 Å². The minimum Gasteiger partial charge on any atom is -0.481 e. The van der Waals surface area contributed by atoms with E-state index in [0.717, 1.165) is 18.9 Å². The summed E-state index contributed by atoms with van der Waals surface area (Å²) in [5, 5.41) is 5.63. The highest BCUT2D eigenvalue weighted by molar-refractivity contribution is 5.75. The van der Waals surface area contributed by atoms with Crippen LogP contribution in [0, 0.1) is 11.2 Å². The maximum atomic E-state index is 13.6. The normalized spacial score (nSPS) is 20.0. The largest absolute Gasteiger partial charge is 0.481 e. The van der Waals surface area contributed by atoms with E-state index in [1.165, 1.54) is 31.4 Å². The molecule has 26 heavy (non-hydrogen) atoms. The number of carbonyl (C=O) groups is 1. The molecule has 0 aliphatic heterocycles. The second-order valence-corrected chi connectivity index (χ2v) is 7.39. The molecule has 2 aliphatic rings. The second kappa shape index (κ2) is 6.96. The third-order valence-electron chi connectivity index (χ3n) is 5.30. The van der Waals surface area contributed by atoms with Crippen molar-refractivity contribution in [2.45, 2.75) is 57.3 Å². The maximum absolute atomic E-state index is 13.6. The van der Waals surface area contributed by atoms with Crippen LogP contribution in [0.25, 0.3) is 0 Å². The maximum Gasteiger partial charge on any atom is 0.422 e. The average Bonchev–Trinajstić information content (AvgIpc) is 2.46. The molecule has 0 heterocycles. The molecule has 2 saturated carbocycles. The van der Waals surface area contributed by atoms with Crippen molar-refractivity contribution in [3.8, 4) is 5.75 Å². The van der Waals surface area contributed by atoms with Crippen molar-refractivity contribution in [2.75, 3.05) is 6.61 Å². The number of carbonyl (C=O) groups excluding carboxylic acids is 1. The summed E-state index contributed by atoms with van der Waals surface area (Å²) in [5.41, 5.74) is 0.911. The number of hydrogen-bond acceptors (Lipinski definition) is 2. The summed E-state index contributed by atoms with van der Waals surface area (Å²) in [5.74, 6) is -1.37. The van der Waals surface area contributed by atoms with Gasteiger partial charge in [0.05, 0.1) is 6.04 Å². The molecule has 3 rings (SSSR count). The molecule has 2 N–H and O–H groups in total. The molecular weight excluding hydrogens is 352 g/mol. The van der Waals surface area contributed by atoms with E-state index in [0.29, 0.717) is 11.0 Å². The van der Waals surface area contributed by atoms with Gasteiger partial charge in [0.1, 0.15) is 0 Å². The highest BCUT2D eigenvalue weighted by atomic mass is 19.4. The fraction of sp³-hybridized carbons (Fsp3) is 0.611. The fourth-order valence-corrected chi connectivity index (χ4v) is 3.74. The highest BCUT2D eigenvalue weighted by Crippen LogP contribution is 2.55. The zero-order valence-electron chi connectivity index (χ0n) is 14.5. The van der Waals surface area contributed by atoms with Gasteiger partial charge < -0.3 is 15.4 Å². The number of rotatable bonds is 5. The van der Waals surface area contributed by atoms with Crippen LogP contribution in [0.4, 0.5) is 22.4 Å². The van der Waals surface area contributed by atoms with Gasteiger partial charge in [-0.3, -0.25) is 0 Å². The van der Waals surface area contributed by atoms with E-state index in [4.69, 9.17) is 0 Å². The average molecular weight is 374 g/mol. The predicted molar refractivity (Wildman–Crippen MR) is 87.3 cm³/mol. The number of urea groups is 1. The van der Waals surface area contributed by atoms with Gasteiger partial charge in [-0.15, -0.1) is 0 Å². The SMILES string of the molecule is C[C@H](NC(=O)NC1CC2(CCC2)C1)c1ccc(F)c(OCC(F)(F)F)c1. The number of halogens is 4. The molecule has 2 amide bonds. The first-order chi connectivity index (χ1) is 12.2. The van der Waals surface area contributed by atoms with E-state index >= 15 is 0 Å². The number of benzene rings is 1. The Bertz CT molecular complexity index is 666. The summed E-state index contributed by atoms with van der Waals surface area (Å²) >= 11 is 0. The number of hydrogen-bond donors (Lipinski definition) is 2. The first-order valence-corrected chi connectivity index (χ1v) is 8.72. The van der Waals surface area contributed by atoms with Crippen molar-refractivity contribution in [2.24, 2.45) is 5.41 Å². The molecule has 4 nitrogen and oxygen atoms in total. The Morgan fingerprint density at radius 3 is 2.62 bits per heavy atom. The van der Waals surface area contributed by atoms with Crippen LogP contribution in [0.1, 0.15) is 50.6 Å². The quantitative estimate of drug-likeness (QED) is 0.748. The molecule has 0 aromatic heterocycles. The standard InChI is InChI=1S/C18H22F4N2O2/c1-11(23-16(25)24-13-8-17(9-13)5-2-6-17)12-3-4-14(19)15(7-12)26-10-18(20,21)22/h3-4,7,11,13H,2,5-6,8-10H2,1H3,(H2,23,24,25)/t11-/m0/s1. The van der Waals surface area contributed by atoms with Gasteiger partial charge in [0.15, 0.2) is 18.2 Å². The molecular formula is C18H22F4N2O2. The van der Waals surface area contributed by atoms with Gasteiger partial charge in [-0.05, 0) is 55.7 Å². The van der Waals surface area contributed by atoms with Gasteiger partial charge in [-0.1, -0.05) is 12.5 Å². The molecule has 1 atom stereocenters. The van der Waals surface area contributed by atoms with Crippen LogP contribution in [0.15, 0.2) is 18.2 Å². The molecule has 0 saturated heterocycles. The highest BCUT2D eigenvalue weighted by Gasteiger charge is 2.48. The van der Waals surface area contributed by atoms with E-state index in [9.17, 15) is 22.4 Å². The minimum atomic E-state index is -4.55. The summed E-state index contributed by atoms with van der Waals surface area (Å²) in [6, 6.07) is 2.96. The van der Waals surface area contributed by atoms with Crippen LogP contribution < -0.4 is 15.4 Å². The smallest absolute Gasteiger partial charge is 0.422 e. The molecule has 0 bridgehead atoms. The Hall–Kier alpha value is -1.99. The van der Waals surface area contributed by atoms with Crippen LogP contribution >= 0.6 is 0 Å². The number of ether oxygens (including phenoxy) is 1. The third kappa shape index (κ3) is 4.40. The van der Waals surface area contributed by atoms with Crippen molar-refractivity contribution in [3.05, 3.63) is 29.6 Å². The summed E-state index contributed by atoms with van der Waals surface area (Å²) < 4.78 is 54.8. The first kappa shape index (κ1) is 18.8. The van der Waals surface area contributed by atoms with E-state index < -0.39 is 30.4 Å². The first-order valence-electron chi connectivity index (χ1n) is 8.72.